The third kappa shape index (κ3) is 1.13. The van der Waals surface area contributed by atoms with Crippen molar-refractivity contribution in [3.05, 3.63) is 39.5 Å². The molecule has 0 saturated heterocycles. The van der Waals surface area contributed by atoms with Crippen LogP contribution in [0.4, 0.5) is 0 Å². The molecule has 0 heteroatoms. The van der Waals surface area contributed by atoms with Gasteiger partial charge in [-0.3, -0.25) is 0 Å². The summed E-state index contributed by atoms with van der Waals surface area (Å²) in [6.07, 6.45) is 1.16. The van der Waals surface area contributed by atoms with E-state index in [-0.39, 0.29) is 0 Å². The molecule has 1 aliphatic carbocycles. The van der Waals surface area contributed by atoms with E-state index in [9.17, 15) is 0 Å². The van der Waals surface area contributed by atoms with Crippen molar-refractivity contribution in [3.8, 4) is 0 Å². The van der Waals surface area contributed by atoms with E-state index in [4.69, 9.17) is 0 Å². The third-order valence-corrected chi connectivity index (χ3v) is 3.78. The van der Waals surface area contributed by atoms with E-state index in [1.807, 2.05) is 0 Å². The molecule has 0 aliphatic heterocycles. The molecule has 74 valence electrons. The maximum atomic E-state index is 2.35. The zero-order chi connectivity index (χ0) is 10.5. The van der Waals surface area contributed by atoms with Crippen LogP contribution in [0, 0.1) is 20.8 Å². The first-order valence-corrected chi connectivity index (χ1v) is 5.28. The van der Waals surface area contributed by atoms with Gasteiger partial charge >= 0.3 is 0 Å². The summed E-state index contributed by atoms with van der Waals surface area (Å²) in [5.74, 6) is 0. The maximum absolute atomic E-state index is 2.35. The number of benzene rings is 1. The van der Waals surface area contributed by atoms with Crippen LogP contribution in [-0.2, 0) is 6.42 Å². The van der Waals surface area contributed by atoms with Gasteiger partial charge in [-0.25, -0.2) is 0 Å². The molecular weight excluding hydrogens is 168 g/mol. The molecule has 0 N–H and O–H groups in total. The lowest BCUT2D eigenvalue weighted by molar-refractivity contribution is 1.13. The second-order valence-corrected chi connectivity index (χ2v) is 4.55. The predicted octanol–water partition coefficient (Wildman–Crippen LogP) is 3.96. The summed E-state index contributed by atoms with van der Waals surface area (Å²) in [7, 11) is 0. The van der Waals surface area contributed by atoms with Crippen LogP contribution in [0.15, 0.2) is 11.6 Å². The molecule has 0 saturated carbocycles. The van der Waals surface area contributed by atoms with Gasteiger partial charge in [0.1, 0.15) is 0 Å². The predicted molar refractivity (Wildman–Crippen MR) is 62.6 cm³/mol. The monoisotopic (exact) mass is 186 g/mol. The number of fused-ring (bicyclic) bond motifs is 1. The minimum Gasteiger partial charge on any atom is -0.0654 e. The highest BCUT2D eigenvalue weighted by Crippen LogP contribution is 2.36. The second kappa shape index (κ2) is 2.98. The van der Waals surface area contributed by atoms with Crippen LogP contribution < -0.4 is 0 Å². The van der Waals surface area contributed by atoms with E-state index in [1.165, 1.54) is 33.4 Å². The van der Waals surface area contributed by atoms with Crippen LogP contribution in [-0.4, -0.2) is 0 Å². The van der Waals surface area contributed by atoms with Crippen LogP contribution in [0.25, 0.3) is 5.57 Å². The maximum Gasteiger partial charge on any atom is -0.00552 e. The number of hydrogen-bond acceptors (Lipinski definition) is 0. The van der Waals surface area contributed by atoms with Crippen molar-refractivity contribution in [2.24, 2.45) is 0 Å². The molecule has 0 radical (unpaired) electrons. The molecule has 0 aromatic heterocycles. The number of aryl methyl sites for hydroxylation is 1. The Morgan fingerprint density at radius 2 is 1.57 bits per heavy atom. The Labute approximate surface area is 86.7 Å². The van der Waals surface area contributed by atoms with Gasteiger partial charge in [0.15, 0.2) is 0 Å². The van der Waals surface area contributed by atoms with Gasteiger partial charge in [0.05, 0.1) is 0 Å². The first kappa shape index (κ1) is 9.51. The lowest BCUT2D eigenvalue weighted by Gasteiger charge is -2.11. The Bertz CT molecular complexity index is 434. The lowest BCUT2D eigenvalue weighted by Crippen LogP contribution is -1.95. The summed E-state index contributed by atoms with van der Waals surface area (Å²) in [4.78, 5) is 0. The van der Waals surface area contributed by atoms with Crippen LogP contribution in [0.1, 0.15) is 41.7 Å². The Hall–Kier alpha value is -1.04. The second-order valence-electron chi connectivity index (χ2n) is 4.55. The van der Waals surface area contributed by atoms with Gasteiger partial charge < -0.3 is 0 Å². The van der Waals surface area contributed by atoms with Crippen molar-refractivity contribution in [2.75, 3.05) is 0 Å². The van der Waals surface area contributed by atoms with Crippen molar-refractivity contribution >= 4 is 5.57 Å². The first-order chi connectivity index (χ1) is 6.52. The minimum atomic E-state index is 1.16. The molecular formula is C14H18. The number of allylic oxidation sites excluding steroid dienone is 2. The highest BCUT2D eigenvalue weighted by molar-refractivity contribution is 5.76. The normalized spacial score (nSPS) is 14.9. The summed E-state index contributed by atoms with van der Waals surface area (Å²) in [5, 5.41) is 0. The fraction of sp³-hybridized carbons (Fsp3) is 0.429. The quantitative estimate of drug-likeness (QED) is 0.575. The molecule has 0 bridgehead atoms. The Morgan fingerprint density at radius 1 is 0.929 bits per heavy atom. The minimum absolute atomic E-state index is 1.16. The van der Waals surface area contributed by atoms with Gasteiger partial charge in [-0.1, -0.05) is 11.6 Å². The van der Waals surface area contributed by atoms with E-state index in [1.54, 1.807) is 5.56 Å². The van der Waals surface area contributed by atoms with Gasteiger partial charge in [0, 0.05) is 0 Å². The number of hydrogen-bond donors (Lipinski definition) is 0. The summed E-state index contributed by atoms with van der Waals surface area (Å²) in [5.41, 5.74) is 10.5. The summed E-state index contributed by atoms with van der Waals surface area (Å²) in [6, 6.07) is 2.35. The highest BCUT2D eigenvalue weighted by Gasteiger charge is 2.19. The molecule has 0 heterocycles. The van der Waals surface area contributed by atoms with Crippen LogP contribution in [0.3, 0.4) is 0 Å². The fourth-order valence-corrected chi connectivity index (χ4v) is 2.33. The van der Waals surface area contributed by atoms with Gasteiger partial charge in [0.25, 0.3) is 0 Å². The first-order valence-electron chi connectivity index (χ1n) is 5.28. The SMILES string of the molecule is CC1=C(C)c2cc(C)c(C)c(C)c2C1. The number of rotatable bonds is 0. The zero-order valence-electron chi connectivity index (χ0n) is 9.78. The molecule has 0 amide bonds. The third-order valence-electron chi connectivity index (χ3n) is 3.78. The molecule has 2 rings (SSSR count). The standard InChI is InChI=1S/C14H18/c1-8-6-13-11(4)9(2)7-14(13)12(5)10(8)3/h6H,7H2,1-5H3. The molecule has 0 nitrogen and oxygen atoms in total. The topological polar surface area (TPSA) is 0 Å². The van der Waals surface area contributed by atoms with Crippen molar-refractivity contribution in [3.63, 3.8) is 0 Å². The molecule has 1 aromatic carbocycles. The Balaban J connectivity index is 2.72. The molecule has 1 aliphatic rings. The lowest BCUT2D eigenvalue weighted by atomic mass is 9.93. The smallest absolute Gasteiger partial charge is 0.00552 e. The highest BCUT2D eigenvalue weighted by atomic mass is 14.2. The van der Waals surface area contributed by atoms with E-state index < -0.39 is 0 Å². The molecule has 0 fully saturated rings. The summed E-state index contributed by atoms with van der Waals surface area (Å²) >= 11 is 0. The van der Waals surface area contributed by atoms with Crippen molar-refractivity contribution in [2.45, 2.75) is 41.0 Å². The van der Waals surface area contributed by atoms with Crippen molar-refractivity contribution < 1.29 is 0 Å². The van der Waals surface area contributed by atoms with Gasteiger partial charge in [-0.2, -0.15) is 0 Å². The Kier molecular flexibility index (Phi) is 2.02. The molecule has 14 heavy (non-hydrogen) atoms. The molecule has 0 spiro atoms. The zero-order valence-corrected chi connectivity index (χ0v) is 9.78. The Morgan fingerprint density at radius 3 is 2.21 bits per heavy atom. The van der Waals surface area contributed by atoms with E-state index in [0.717, 1.165) is 6.42 Å². The van der Waals surface area contributed by atoms with Gasteiger partial charge in [0.2, 0.25) is 0 Å². The largest absolute Gasteiger partial charge is 0.0654 e. The average Bonchev–Trinajstić information content (AvgIpc) is 2.42. The van der Waals surface area contributed by atoms with Crippen LogP contribution in [0.5, 0.6) is 0 Å². The van der Waals surface area contributed by atoms with E-state index >= 15 is 0 Å². The summed E-state index contributed by atoms with van der Waals surface area (Å²) < 4.78 is 0. The van der Waals surface area contributed by atoms with Crippen LogP contribution >= 0.6 is 0 Å². The molecule has 1 aromatic rings. The van der Waals surface area contributed by atoms with Crippen molar-refractivity contribution in [1.29, 1.82) is 0 Å². The summed E-state index contributed by atoms with van der Waals surface area (Å²) in [6.45, 7) is 11.2. The fourth-order valence-electron chi connectivity index (χ4n) is 2.33. The average molecular weight is 186 g/mol. The van der Waals surface area contributed by atoms with E-state index in [0.29, 0.717) is 0 Å². The van der Waals surface area contributed by atoms with Crippen LogP contribution in [0.2, 0.25) is 0 Å². The van der Waals surface area contributed by atoms with E-state index in [2.05, 4.69) is 40.7 Å². The molecule has 0 atom stereocenters. The van der Waals surface area contributed by atoms with Gasteiger partial charge in [-0.15, -0.1) is 0 Å². The van der Waals surface area contributed by atoms with Crippen molar-refractivity contribution in [1.82, 2.24) is 0 Å². The molecule has 0 unspecified atom stereocenters. The van der Waals surface area contributed by atoms with Gasteiger partial charge in [-0.05, 0) is 74.4 Å².